The lowest BCUT2D eigenvalue weighted by molar-refractivity contribution is -0.122. The lowest BCUT2D eigenvalue weighted by atomic mass is 10.1. The van der Waals surface area contributed by atoms with Crippen molar-refractivity contribution in [3.05, 3.63) is 41.1 Å². The van der Waals surface area contributed by atoms with E-state index in [2.05, 4.69) is 9.73 Å². The SMILES string of the molecule is COC(=O)c1ccc(/C=C2/N=C3CCCCCN3C2=O)cc1. The average Bonchev–Trinajstić information content (AvgIpc) is 2.71. The van der Waals surface area contributed by atoms with Gasteiger partial charge in [0.2, 0.25) is 0 Å². The van der Waals surface area contributed by atoms with Gasteiger partial charge in [-0.3, -0.25) is 9.69 Å². The van der Waals surface area contributed by atoms with Gasteiger partial charge in [-0.2, -0.15) is 0 Å². The third-order valence-corrected chi connectivity index (χ3v) is 3.94. The predicted molar refractivity (Wildman–Crippen MR) is 83.4 cm³/mol. The van der Waals surface area contributed by atoms with Gasteiger partial charge in [0.25, 0.3) is 5.91 Å². The van der Waals surface area contributed by atoms with Crippen molar-refractivity contribution in [2.24, 2.45) is 4.99 Å². The zero-order valence-electron chi connectivity index (χ0n) is 12.5. The van der Waals surface area contributed by atoms with Gasteiger partial charge in [0.1, 0.15) is 11.5 Å². The van der Waals surface area contributed by atoms with Crippen LogP contribution in [0.1, 0.15) is 41.6 Å². The van der Waals surface area contributed by atoms with Gasteiger partial charge in [0.15, 0.2) is 0 Å². The van der Waals surface area contributed by atoms with Crippen molar-refractivity contribution in [3.63, 3.8) is 0 Å². The van der Waals surface area contributed by atoms with Crippen molar-refractivity contribution < 1.29 is 14.3 Å². The van der Waals surface area contributed by atoms with E-state index in [1.807, 2.05) is 0 Å². The topological polar surface area (TPSA) is 59.0 Å². The largest absolute Gasteiger partial charge is 0.465 e. The summed E-state index contributed by atoms with van der Waals surface area (Å²) in [6.45, 7) is 0.760. The molecule has 1 aromatic rings. The van der Waals surface area contributed by atoms with Crippen LogP contribution in [0.5, 0.6) is 0 Å². The highest BCUT2D eigenvalue weighted by atomic mass is 16.5. The van der Waals surface area contributed by atoms with Crippen LogP contribution in [0.3, 0.4) is 0 Å². The van der Waals surface area contributed by atoms with Crippen LogP contribution in [0.15, 0.2) is 35.0 Å². The molecular formula is C17H18N2O3. The molecule has 2 aliphatic heterocycles. The van der Waals surface area contributed by atoms with Crippen molar-refractivity contribution in [1.82, 2.24) is 4.90 Å². The molecule has 5 nitrogen and oxygen atoms in total. The summed E-state index contributed by atoms with van der Waals surface area (Å²) in [6, 6.07) is 6.94. The normalized spacial score (nSPS) is 19.7. The molecule has 5 heteroatoms. The standard InChI is InChI=1S/C17H18N2O3/c1-22-17(21)13-8-6-12(7-9-13)11-14-16(20)19-10-4-2-3-5-15(19)18-14/h6-9,11H,2-5,10H2,1H3/b14-11+. The van der Waals surface area contributed by atoms with Crippen LogP contribution in [0.25, 0.3) is 6.08 Å². The third-order valence-electron chi connectivity index (χ3n) is 3.94. The molecular weight excluding hydrogens is 280 g/mol. The number of benzene rings is 1. The number of carbonyl (C=O) groups is 2. The summed E-state index contributed by atoms with van der Waals surface area (Å²) in [6.07, 6.45) is 5.90. The quantitative estimate of drug-likeness (QED) is 0.623. The van der Waals surface area contributed by atoms with E-state index in [4.69, 9.17) is 0 Å². The minimum atomic E-state index is -0.371. The highest BCUT2D eigenvalue weighted by Gasteiger charge is 2.30. The number of nitrogens with zero attached hydrogens (tertiary/aromatic N) is 2. The first-order valence-electron chi connectivity index (χ1n) is 7.48. The van der Waals surface area contributed by atoms with Gasteiger partial charge in [-0.05, 0) is 36.6 Å². The molecule has 114 valence electrons. The van der Waals surface area contributed by atoms with Gasteiger partial charge < -0.3 is 4.74 Å². The number of aliphatic imine (C=N–C) groups is 1. The summed E-state index contributed by atoms with van der Waals surface area (Å²) in [4.78, 5) is 30.1. The summed E-state index contributed by atoms with van der Waals surface area (Å²) in [7, 11) is 1.35. The number of fused-ring (bicyclic) bond motifs is 1. The molecule has 0 unspecified atom stereocenters. The maximum Gasteiger partial charge on any atom is 0.337 e. The van der Waals surface area contributed by atoms with Crippen LogP contribution < -0.4 is 0 Å². The molecule has 0 aromatic heterocycles. The van der Waals surface area contributed by atoms with Crippen molar-refractivity contribution in [2.45, 2.75) is 25.7 Å². The number of rotatable bonds is 2. The number of ether oxygens (including phenoxy) is 1. The van der Waals surface area contributed by atoms with E-state index in [1.54, 1.807) is 35.2 Å². The lowest BCUT2D eigenvalue weighted by Crippen LogP contribution is -2.31. The Bertz CT molecular complexity index is 659. The van der Waals surface area contributed by atoms with Crippen LogP contribution in [-0.2, 0) is 9.53 Å². The fourth-order valence-electron chi connectivity index (χ4n) is 2.74. The van der Waals surface area contributed by atoms with E-state index in [9.17, 15) is 9.59 Å². The molecule has 0 radical (unpaired) electrons. The number of methoxy groups -OCH3 is 1. The number of hydrogen-bond acceptors (Lipinski definition) is 4. The highest BCUT2D eigenvalue weighted by Crippen LogP contribution is 2.24. The summed E-state index contributed by atoms with van der Waals surface area (Å²) in [5.74, 6) is 0.499. The molecule has 1 aromatic carbocycles. The van der Waals surface area contributed by atoms with Crippen LogP contribution in [0.4, 0.5) is 0 Å². The van der Waals surface area contributed by atoms with Gasteiger partial charge in [-0.25, -0.2) is 9.79 Å². The maximum absolute atomic E-state index is 12.4. The van der Waals surface area contributed by atoms with Gasteiger partial charge in [0, 0.05) is 13.0 Å². The number of amidine groups is 1. The van der Waals surface area contributed by atoms with Gasteiger partial charge in [-0.1, -0.05) is 18.6 Å². The molecule has 2 heterocycles. The van der Waals surface area contributed by atoms with Gasteiger partial charge >= 0.3 is 5.97 Å². The zero-order valence-corrected chi connectivity index (χ0v) is 12.5. The Morgan fingerprint density at radius 3 is 2.73 bits per heavy atom. The Morgan fingerprint density at radius 1 is 1.23 bits per heavy atom. The van der Waals surface area contributed by atoms with Crippen LogP contribution in [-0.4, -0.2) is 36.3 Å². The molecule has 1 saturated heterocycles. The van der Waals surface area contributed by atoms with E-state index >= 15 is 0 Å². The van der Waals surface area contributed by atoms with Crippen molar-refractivity contribution in [2.75, 3.05) is 13.7 Å². The minimum absolute atomic E-state index is 0.0195. The molecule has 0 saturated carbocycles. The Morgan fingerprint density at radius 2 is 2.00 bits per heavy atom. The van der Waals surface area contributed by atoms with E-state index < -0.39 is 0 Å². The molecule has 3 rings (SSSR count). The smallest absolute Gasteiger partial charge is 0.337 e. The first kappa shape index (κ1) is 14.5. The number of carbonyl (C=O) groups excluding carboxylic acids is 2. The monoisotopic (exact) mass is 298 g/mol. The molecule has 1 amide bonds. The predicted octanol–water partition coefficient (Wildman–Crippen LogP) is 2.63. The fraction of sp³-hybridized carbons (Fsp3) is 0.353. The lowest BCUT2D eigenvalue weighted by Gasteiger charge is -2.13. The second kappa shape index (κ2) is 6.13. The number of esters is 1. The van der Waals surface area contributed by atoms with E-state index in [0.29, 0.717) is 11.3 Å². The van der Waals surface area contributed by atoms with Crippen molar-refractivity contribution in [3.8, 4) is 0 Å². The van der Waals surface area contributed by atoms with Gasteiger partial charge in [0.05, 0.1) is 12.7 Å². The molecule has 0 spiro atoms. The Hall–Kier alpha value is -2.43. The molecule has 0 bridgehead atoms. The summed E-state index contributed by atoms with van der Waals surface area (Å²) < 4.78 is 4.67. The van der Waals surface area contributed by atoms with Crippen LogP contribution in [0, 0.1) is 0 Å². The molecule has 22 heavy (non-hydrogen) atoms. The molecule has 0 aliphatic carbocycles. The van der Waals surface area contributed by atoms with E-state index in [-0.39, 0.29) is 11.9 Å². The van der Waals surface area contributed by atoms with Crippen molar-refractivity contribution in [1.29, 1.82) is 0 Å². The minimum Gasteiger partial charge on any atom is -0.465 e. The first-order chi connectivity index (χ1) is 10.7. The maximum atomic E-state index is 12.4. The van der Waals surface area contributed by atoms with Gasteiger partial charge in [-0.15, -0.1) is 0 Å². The number of hydrogen-bond donors (Lipinski definition) is 0. The summed E-state index contributed by atoms with van der Waals surface area (Å²) in [5.41, 5.74) is 1.81. The summed E-state index contributed by atoms with van der Waals surface area (Å²) in [5, 5.41) is 0. The highest BCUT2D eigenvalue weighted by molar-refractivity contribution is 6.14. The van der Waals surface area contributed by atoms with Crippen molar-refractivity contribution >= 4 is 23.8 Å². The molecule has 0 N–H and O–H groups in total. The van der Waals surface area contributed by atoms with E-state index in [0.717, 1.165) is 43.6 Å². The third kappa shape index (κ3) is 2.79. The molecule has 1 fully saturated rings. The zero-order chi connectivity index (χ0) is 15.5. The number of amides is 1. The van der Waals surface area contributed by atoms with Crippen LogP contribution >= 0.6 is 0 Å². The Kier molecular flexibility index (Phi) is 4.04. The second-order valence-corrected chi connectivity index (χ2v) is 5.44. The second-order valence-electron chi connectivity index (χ2n) is 5.44. The molecule has 2 aliphatic rings. The van der Waals surface area contributed by atoms with Crippen LogP contribution in [0.2, 0.25) is 0 Å². The Balaban J connectivity index is 1.83. The molecule has 0 atom stereocenters. The fourth-order valence-corrected chi connectivity index (χ4v) is 2.74. The van der Waals surface area contributed by atoms with E-state index in [1.165, 1.54) is 7.11 Å². The summed E-state index contributed by atoms with van der Waals surface area (Å²) >= 11 is 0. The average molecular weight is 298 g/mol. The Labute approximate surface area is 129 Å². The first-order valence-corrected chi connectivity index (χ1v) is 7.48.